The highest BCUT2D eigenvalue weighted by molar-refractivity contribution is 5.76. The second-order valence-corrected chi connectivity index (χ2v) is 5.63. The molecule has 1 amide bonds. The van der Waals surface area contributed by atoms with Crippen molar-refractivity contribution in [3.05, 3.63) is 39.9 Å². The fraction of sp³-hybridized carbons (Fsp3) is 0.500. The van der Waals surface area contributed by atoms with Crippen molar-refractivity contribution in [1.82, 2.24) is 10.6 Å². The Morgan fingerprint density at radius 3 is 2.65 bits per heavy atom. The van der Waals surface area contributed by atoms with E-state index in [1.165, 1.54) is 12.1 Å². The van der Waals surface area contributed by atoms with Gasteiger partial charge in [0.1, 0.15) is 0 Å². The number of carbonyl (C=O) groups excluding carboxylic acids is 1. The summed E-state index contributed by atoms with van der Waals surface area (Å²) in [6, 6.07) is 6.26. The van der Waals surface area contributed by atoms with Crippen LogP contribution in [-0.4, -0.2) is 22.9 Å². The first-order valence-electron chi connectivity index (χ1n) is 6.53. The molecule has 0 bridgehead atoms. The van der Waals surface area contributed by atoms with E-state index in [2.05, 4.69) is 10.6 Å². The van der Waals surface area contributed by atoms with E-state index in [-0.39, 0.29) is 17.1 Å². The molecule has 0 heterocycles. The summed E-state index contributed by atoms with van der Waals surface area (Å²) in [7, 11) is 0. The van der Waals surface area contributed by atoms with Gasteiger partial charge in [0, 0.05) is 37.2 Å². The van der Waals surface area contributed by atoms with Crippen LogP contribution in [0.1, 0.15) is 32.8 Å². The van der Waals surface area contributed by atoms with E-state index < -0.39 is 4.92 Å². The second kappa shape index (κ2) is 7.00. The summed E-state index contributed by atoms with van der Waals surface area (Å²) in [6.45, 7) is 7.01. The number of nitrogens with zero attached hydrogens (tertiary/aromatic N) is 1. The highest BCUT2D eigenvalue weighted by Crippen LogP contribution is 2.12. The van der Waals surface area contributed by atoms with Crippen molar-refractivity contribution in [1.29, 1.82) is 0 Å². The fourth-order valence-corrected chi connectivity index (χ4v) is 1.62. The summed E-state index contributed by atoms with van der Waals surface area (Å²) in [6.07, 6.45) is 0.381. The largest absolute Gasteiger partial charge is 0.352 e. The predicted molar refractivity (Wildman–Crippen MR) is 77.3 cm³/mol. The molecule has 0 saturated carbocycles. The zero-order valence-electron chi connectivity index (χ0n) is 12.1. The first-order chi connectivity index (χ1) is 9.28. The molecule has 2 N–H and O–H groups in total. The number of nitro benzene ring substituents is 1. The molecule has 1 aromatic rings. The van der Waals surface area contributed by atoms with E-state index in [1.807, 2.05) is 20.8 Å². The Morgan fingerprint density at radius 1 is 1.35 bits per heavy atom. The van der Waals surface area contributed by atoms with Crippen molar-refractivity contribution in [3.63, 3.8) is 0 Å². The molecule has 0 spiro atoms. The van der Waals surface area contributed by atoms with E-state index in [0.717, 1.165) is 5.56 Å². The van der Waals surface area contributed by atoms with Crippen molar-refractivity contribution < 1.29 is 9.72 Å². The average molecular weight is 279 g/mol. The number of non-ortho nitro benzene ring substituents is 1. The van der Waals surface area contributed by atoms with Crippen molar-refractivity contribution in [2.45, 2.75) is 39.3 Å². The maximum absolute atomic E-state index is 11.6. The molecule has 1 aromatic carbocycles. The minimum Gasteiger partial charge on any atom is -0.352 e. The van der Waals surface area contributed by atoms with Crippen LogP contribution in [0.15, 0.2) is 24.3 Å². The van der Waals surface area contributed by atoms with Gasteiger partial charge in [-0.25, -0.2) is 0 Å². The number of hydrogen-bond acceptors (Lipinski definition) is 4. The standard InChI is InChI=1S/C14H21N3O3/c1-14(2,3)16-8-7-13(18)15-10-11-5-4-6-12(9-11)17(19)20/h4-6,9,16H,7-8,10H2,1-3H3,(H,15,18). The van der Waals surface area contributed by atoms with Gasteiger partial charge in [-0.15, -0.1) is 0 Å². The third-order valence-corrected chi connectivity index (χ3v) is 2.62. The van der Waals surface area contributed by atoms with Crippen molar-refractivity contribution in [3.8, 4) is 0 Å². The number of nitrogens with one attached hydrogen (secondary N) is 2. The number of amides is 1. The molecule has 0 fully saturated rings. The molecule has 20 heavy (non-hydrogen) atoms. The third kappa shape index (κ3) is 6.29. The van der Waals surface area contributed by atoms with Gasteiger partial charge in [0.25, 0.3) is 5.69 Å². The zero-order chi connectivity index (χ0) is 15.2. The van der Waals surface area contributed by atoms with E-state index in [0.29, 0.717) is 19.5 Å². The van der Waals surface area contributed by atoms with Gasteiger partial charge in [-0.05, 0) is 26.3 Å². The van der Waals surface area contributed by atoms with Gasteiger partial charge < -0.3 is 10.6 Å². The molecule has 0 saturated heterocycles. The summed E-state index contributed by atoms with van der Waals surface area (Å²) in [5.74, 6) is -0.0757. The Kier molecular flexibility index (Phi) is 5.64. The number of hydrogen-bond donors (Lipinski definition) is 2. The predicted octanol–water partition coefficient (Wildman–Crippen LogP) is 1.99. The summed E-state index contributed by atoms with van der Waals surface area (Å²) < 4.78 is 0. The van der Waals surface area contributed by atoms with Gasteiger partial charge >= 0.3 is 0 Å². The fourth-order valence-electron chi connectivity index (χ4n) is 1.62. The molecule has 0 aliphatic rings. The lowest BCUT2D eigenvalue weighted by Gasteiger charge is -2.20. The highest BCUT2D eigenvalue weighted by atomic mass is 16.6. The lowest BCUT2D eigenvalue weighted by molar-refractivity contribution is -0.384. The summed E-state index contributed by atoms with van der Waals surface area (Å²) in [5, 5.41) is 16.6. The SMILES string of the molecule is CC(C)(C)NCCC(=O)NCc1cccc([N+](=O)[O-])c1. The number of rotatable bonds is 6. The molecule has 0 aliphatic carbocycles. The topological polar surface area (TPSA) is 84.3 Å². The number of nitro groups is 1. The van der Waals surface area contributed by atoms with Gasteiger partial charge in [-0.2, -0.15) is 0 Å². The minimum absolute atomic E-state index is 0.0136. The van der Waals surface area contributed by atoms with Crippen LogP contribution in [0.3, 0.4) is 0 Å². The monoisotopic (exact) mass is 279 g/mol. The molecule has 0 aromatic heterocycles. The van der Waals surface area contributed by atoms with Crippen LogP contribution in [-0.2, 0) is 11.3 Å². The molecule has 0 radical (unpaired) electrons. The Balaban J connectivity index is 2.37. The number of benzene rings is 1. The Bertz CT molecular complexity index is 481. The summed E-state index contributed by atoms with van der Waals surface area (Å²) >= 11 is 0. The molecule has 110 valence electrons. The quantitative estimate of drug-likeness (QED) is 0.616. The molecular weight excluding hydrogens is 258 g/mol. The van der Waals surface area contributed by atoms with Crippen molar-refractivity contribution in [2.75, 3.05) is 6.54 Å². The van der Waals surface area contributed by atoms with Gasteiger partial charge in [-0.1, -0.05) is 12.1 Å². The minimum atomic E-state index is -0.446. The first kappa shape index (κ1) is 16.1. The Labute approximate surface area is 118 Å². The molecule has 0 aliphatic heterocycles. The van der Waals surface area contributed by atoms with Gasteiger partial charge in [-0.3, -0.25) is 14.9 Å². The molecular formula is C14H21N3O3. The average Bonchev–Trinajstić information content (AvgIpc) is 2.35. The maximum Gasteiger partial charge on any atom is 0.269 e. The Hall–Kier alpha value is -1.95. The second-order valence-electron chi connectivity index (χ2n) is 5.63. The Morgan fingerprint density at radius 2 is 2.05 bits per heavy atom. The van der Waals surface area contributed by atoms with Crippen LogP contribution in [0, 0.1) is 10.1 Å². The summed E-state index contributed by atoms with van der Waals surface area (Å²) in [5.41, 5.74) is 0.739. The van der Waals surface area contributed by atoms with Crippen LogP contribution in [0.4, 0.5) is 5.69 Å². The van der Waals surface area contributed by atoms with E-state index in [9.17, 15) is 14.9 Å². The normalized spacial score (nSPS) is 11.2. The van der Waals surface area contributed by atoms with Crippen molar-refractivity contribution in [2.24, 2.45) is 0 Å². The summed E-state index contributed by atoms with van der Waals surface area (Å²) in [4.78, 5) is 21.8. The molecule has 0 atom stereocenters. The van der Waals surface area contributed by atoms with Crippen molar-refractivity contribution >= 4 is 11.6 Å². The van der Waals surface area contributed by atoms with Crippen LogP contribution in [0.25, 0.3) is 0 Å². The zero-order valence-corrected chi connectivity index (χ0v) is 12.1. The van der Waals surface area contributed by atoms with Crippen LogP contribution in [0.5, 0.6) is 0 Å². The molecule has 0 unspecified atom stereocenters. The first-order valence-corrected chi connectivity index (χ1v) is 6.53. The third-order valence-electron chi connectivity index (χ3n) is 2.62. The lowest BCUT2D eigenvalue weighted by Crippen LogP contribution is -2.38. The lowest BCUT2D eigenvalue weighted by atomic mass is 10.1. The van der Waals surface area contributed by atoms with Crippen LogP contribution >= 0.6 is 0 Å². The molecule has 6 nitrogen and oxygen atoms in total. The highest BCUT2D eigenvalue weighted by Gasteiger charge is 2.10. The van der Waals surface area contributed by atoms with E-state index >= 15 is 0 Å². The van der Waals surface area contributed by atoms with Crippen LogP contribution < -0.4 is 10.6 Å². The molecule has 6 heteroatoms. The van der Waals surface area contributed by atoms with Gasteiger partial charge in [0.05, 0.1) is 4.92 Å². The smallest absolute Gasteiger partial charge is 0.269 e. The van der Waals surface area contributed by atoms with Crippen LogP contribution in [0.2, 0.25) is 0 Å². The maximum atomic E-state index is 11.6. The molecule has 1 rings (SSSR count). The van der Waals surface area contributed by atoms with Gasteiger partial charge in [0.2, 0.25) is 5.91 Å². The number of carbonyl (C=O) groups is 1. The van der Waals surface area contributed by atoms with E-state index in [1.54, 1.807) is 12.1 Å². The van der Waals surface area contributed by atoms with Gasteiger partial charge in [0.15, 0.2) is 0 Å². The van der Waals surface area contributed by atoms with E-state index in [4.69, 9.17) is 0 Å².